The molecule has 21 heavy (non-hydrogen) atoms. The lowest BCUT2D eigenvalue weighted by atomic mass is 10.3. The first-order valence-electron chi connectivity index (χ1n) is 6.78. The standard InChI is InChI=1S/C13H19FN6S/c1-2-9(6-14)18-13(21)19-12-5-11-10(7-16-12)17-8-20(11)4-3-15/h5,7-9H,2-4,6,15H2,1H3,(H2,16,18,19,21). The van der Waals surface area contributed by atoms with E-state index in [9.17, 15) is 4.39 Å². The van der Waals surface area contributed by atoms with Gasteiger partial charge in [0, 0.05) is 19.2 Å². The van der Waals surface area contributed by atoms with E-state index in [-0.39, 0.29) is 6.04 Å². The molecule has 0 bridgehead atoms. The van der Waals surface area contributed by atoms with E-state index in [0.717, 1.165) is 11.0 Å². The first-order valence-corrected chi connectivity index (χ1v) is 7.23. The van der Waals surface area contributed by atoms with Crippen LogP contribution in [0.4, 0.5) is 10.2 Å². The average molecular weight is 310 g/mol. The van der Waals surface area contributed by atoms with Crippen molar-refractivity contribution in [2.75, 3.05) is 18.5 Å². The highest BCUT2D eigenvalue weighted by Gasteiger charge is 2.07. The molecule has 0 aliphatic heterocycles. The zero-order valence-electron chi connectivity index (χ0n) is 11.8. The van der Waals surface area contributed by atoms with Crippen LogP contribution >= 0.6 is 12.6 Å². The van der Waals surface area contributed by atoms with Crippen LogP contribution in [0.1, 0.15) is 13.3 Å². The monoisotopic (exact) mass is 310 g/mol. The molecule has 0 aliphatic carbocycles. The van der Waals surface area contributed by atoms with Crippen LogP contribution in [0, 0.1) is 0 Å². The summed E-state index contributed by atoms with van der Waals surface area (Å²) in [5.41, 5.74) is 7.29. The molecule has 0 saturated carbocycles. The van der Waals surface area contributed by atoms with Crippen LogP contribution in [0.5, 0.6) is 0 Å². The van der Waals surface area contributed by atoms with E-state index in [0.29, 0.717) is 30.5 Å². The number of anilines is 1. The number of rotatable bonds is 6. The molecule has 0 fully saturated rings. The molecule has 114 valence electrons. The smallest absolute Gasteiger partial charge is 0.159 e. The summed E-state index contributed by atoms with van der Waals surface area (Å²) in [7, 11) is 0. The van der Waals surface area contributed by atoms with E-state index >= 15 is 0 Å². The summed E-state index contributed by atoms with van der Waals surface area (Å²) in [4.78, 5) is 12.6. The van der Waals surface area contributed by atoms with Crippen LogP contribution in [0.2, 0.25) is 0 Å². The number of nitrogens with one attached hydrogen (secondary N) is 1. The SMILES string of the molecule is CCC(CF)N=C(S)Nc1cc2c(cn1)ncn2CCN. The zero-order valence-corrected chi connectivity index (χ0v) is 12.7. The van der Waals surface area contributed by atoms with Crippen LogP contribution in [-0.2, 0) is 6.54 Å². The Bertz CT molecular complexity index is 622. The van der Waals surface area contributed by atoms with Gasteiger partial charge in [0.15, 0.2) is 5.17 Å². The van der Waals surface area contributed by atoms with E-state index in [1.807, 2.05) is 17.6 Å². The van der Waals surface area contributed by atoms with E-state index in [1.165, 1.54) is 0 Å². The number of halogens is 1. The number of nitrogens with zero attached hydrogens (tertiary/aromatic N) is 4. The molecule has 2 rings (SSSR count). The highest BCUT2D eigenvalue weighted by molar-refractivity contribution is 7.97. The molecule has 2 aromatic heterocycles. The fourth-order valence-corrected chi connectivity index (χ4v) is 2.18. The Morgan fingerprint density at radius 3 is 3.05 bits per heavy atom. The van der Waals surface area contributed by atoms with Crippen molar-refractivity contribution in [2.45, 2.75) is 25.9 Å². The summed E-state index contributed by atoms with van der Waals surface area (Å²) in [6.07, 6.45) is 4.02. The lowest BCUT2D eigenvalue weighted by Gasteiger charge is -2.09. The highest BCUT2D eigenvalue weighted by Crippen LogP contribution is 2.16. The lowest BCUT2D eigenvalue weighted by molar-refractivity contribution is 0.424. The summed E-state index contributed by atoms with van der Waals surface area (Å²) in [5, 5.41) is 3.30. The number of fused-ring (bicyclic) bond motifs is 1. The Morgan fingerprint density at radius 2 is 2.38 bits per heavy atom. The summed E-state index contributed by atoms with van der Waals surface area (Å²) >= 11 is 4.22. The van der Waals surface area contributed by atoms with Gasteiger partial charge in [-0.3, -0.25) is 4.99 Å². The number of pyridine rings is 1. The fraction of sp³-hybridized carbons (Fsp3) is 0.462. The maximum absolute atomic E-state index is 12.7. The number of hydrogen-bond donors (Lipinski definition) is 3. The number of aromatic nitrogens is 3. The van der Waals surface area contributed by atoms with Gasteiger partial charge >= 0.3 is 0 Å². The van der Waals surface area contributed by atoms with Gasteiger partial charge in [-0.05, 0) is 6.42 Å². The Balaban J connectivity index is 2.20. The second-order valence-electron chi connectivity index (χ2n) is 4.58. The topological polar surface area (TPSA) is 81.1 Å². The lowest BCUT2D eigenvalue weighted by Crippen LogP contribution is -2.13. The molecule has 0 aliphatic rings. The van der Waals surface area contributed by atoms with E-state index in [2.05, 4.69) is 32.9 Å². The molecule has 1 unspecified atom stereocenters. The minimum Gasteiger partial charge on any atom is -0.329 e. The van der Waals surface area contributed by atoms with Crippen LogP contribution in [-0.4, -0.2) is 39.0 Å². The van der Waals surface area contributed by atoms with Gasteiger partial charge in [0.1, 0.15) is 18.0 Å². The Morgan fingerprint density at radius 1 is 1.57 bits per heavy atom. The van der Waals surface area contributed by atoms with Gasteiger partial charge in [-0.2, -0.15) is 0 Å². The predicted molar refractivity (Wildman–Crippen MR) is 86.7 cm³/mol. The van der Waals surface area contributed by atoms with Crippen molar-refractivity contribution in [1.82, 2.24) is 14.5 Å². The molecule has 2 aromatic rings. The molecule has 0 aromatic carbocycles. The highest BCUT2D eigenvalue weighted by atomic mass is 32.1. The molecular formula is C13H19FN6S. The average Bonchev–Trinajstić information content (AvgIpc) is 2.88. The number of amidine groups is 1. The number of hydrogen-bond acceptors (Lipinski definition) is 4. The van der Waals surface area contributed by atoms with Crippen LogP contribution in [0.25, 0.3) is 11.0 Å². The summed E-state index contributed by atoms with van der Waals surface area (Å²) < 4.78 is 14.6. The number of alkyl halides is 1. The summed E-state index contributed by atoms with van der Waals surface area (Å²) in [6.45, 7) is 2.59. The predicted octanol–water partition coefficient (Wildman–Crippen LogP) is 1.84. The molecule has 0 saturated heterocycles. The van der Waals surface area contributed by atoms with Gasteiger partial charge in [-0.15, -0.1) is 12.6 Å². The van der Waals surface area contributed by atoms with Crippen molar-refractivity contribution in [1.29, 1.82) is 0 Å². The number of thiol groups is 1. The van der Waals surface area contributed by atoms with Crippen molar-refractivity contribution in [3.8, 4) is 0 Å². The van der Waals surface area contributed by atoms with E-state index in [1.54, 1.807) is 12.5 Å². The third kappa shape index (κ3) is 3.92. The first kappa shape index (κ1) is 15.7. The molecule has 6 nitrogen and oxygen atoms in total. The molecule has 3 N–H and O–H groups in total. The Kier molecular flexibility index (Phi) is 5.51. The Labute approximate surface area is 128 Å². The Hall–Kier alpha value is -1.67. The van der Waals surface area contributed by atoms with Gasteiger partial charge in [-0.1, -0.05) is 6.92 Å². The largest absolute Gasteiger partial charge is 0.329 e. The van der Waals surface area contributed by atoms with Crippen molar-refractivity contribution < 1.29 is 4.39 Å². The summed E-state index contributed by atoms with van der Waals surface area (Å²) in [6, 6.07) is 1.47. The normalized spacial score (nSPS) is 13.6. The van der Waals surface area contributed by atoms with Gasteiger partial charge in [0.2, 0.25) is 0 Å². The number of nitrogens with two attached hydrogens (primary N) is 1. The van der Waals surface area contributed by atoms with Crippen molar-refractivity contribution in [2.24, 2.45) is 10.7 Å². The quantitative estimate of drug-likeness (QED) is 0.432. The molecule has 2 heterocycles. The molecule has 0 radical (unpaired) electrons. The number of aliphatic imine (C=N–C) groups is 1. The van der Waals surface area contributed by atoms with Crippen LogP contribution in [0.15, 0.2) is 23.6 Å². The minimum absolute atomic E-state index is 0.344. The summed E-state index contributed by atoms with van der Waals surface area (Å²) in [5.74, 6) is 0.587. The second-order valence-corrected chi connectivity index (χ2v) is 5.00. The van der Waals surface area contributed by atoms with Gasteiger partial charge < -0.3 is 15.6 Å². The molecule has 0 amide bonds. The van der Waals surface area contributed by atoms with Crippen molar-refractivity contribution >= 4 is 34.6 Å². The van der Waals surface area contributed by atoms with Crippen LogP contribution in [0.3, 0.4) is 0 Å². The van der Waals surface area contributed by atoms with E-state index < -0.39 is 6.67 Å². The molecular weight excluding hydrogens is 291 g/mol. The third-order valence-electron chi connectivity index (χ3n) is 3.07. The molecule has 8 heteroatoms. The third-order valence-corrected chi connectivity index (χ3v) is 3.30. The van der Waals surface area contributed by atoms with Gasteiger partial charge in [0.25, 0.3) is 0 Å². The first-order chi connectivity index (χ1) is 10.2. The maximum Gasteiger partial charge on any atom is 0.159 e. The van der Waals surface area contributed by atoms with Gasteiger partial charge in [0.05, 0.1) is 24.1 Å². The number of imidazole rings is 1. The van der Waals surface area contributed by atoms with Gasteiger partial charge in [-0.25, -0.2) is 14.4 Å². The van der Waals surface area contributed by atoms with Crippen molar-refractivity contribution in [3.63, 3.8) is 0 Å². The zero-order chi connectivity index (χ0) is 15.2. The van der Waals surface area contributed by atoms with Crippen molar-refractivity contribution in [3.05, 3.63) is 18.6 Å². The molecule has 0 spiro atoms. The van der Waals surface area contributed by atoms with E-state index in [4.69, 9.17) is 5.73 Å². The fourth-order valence-electron chi connectivity index (χ4n) is 1.90. The second kappa shape index (κ2) is 7.37. The maximum atomic E-state index is 12.7. The minimum atomic E-state index is -0.502. The molecule has 1 atom stereocenters. The van der Waals surface area contributed by atoms with Crippen LogP contribution < -0.4 is 11.1 Å².